The van der Waals surface area contributed by atoms with E-state index in [4.69, 9.17) is 0 Å². The van der Waals surface area contributed by atoms with E-state index >= 15 is 0 Å². The number of hydrogen-bond acceptors (Lipinski definition) is 0. The summed E-state index contributed by atoms with van der Waals surface area (Å²) in [5, 5.41) is 3.74. The molecule has 2 aromatic rings. The van der Waals surface area contributed by atoms with Gasteiger partial charge < -0.3 is 0 Å². The van der Waals surface area contributed by atoms with E-state index in [2.05, 4.69) is 36.4 Å². The van der Waals surface area contributed by atoms with Crippen LogP contribution >= 0.6 is 15.8 Å². The molecular weight excluding hydrogens is 506 g/mol. The lowest BCUT2D eigenvalue weighted by Crippen LogP contribution is -2.29. The van der Waals surface area contributed by atoms with Crippen molar-refractivity contribution >= 4 is 26.5 Å². The van der Waals surface area contributed by atoms with Gasteiger partial charge in [0.2, 0.25) is 0 Å². The van der Waals surface area contributed by atoms with Gasteiger partial charge in [0.25, 0.3) is 0 Å². The van der Waals surface area contributed by atoms with Crippen LogP contribution in [0.2, 0.25) is 0 Å². The summed E-state index contributed by atoms with van der Waals surface area (Å²) in [5.41, 5.74) is 10.9. The van der Waals surface area contributed by atoms with Crippen LogP contribution in [0.3, 0.4) is 0 Å². The van der Waals surface area contributed by atoms with Crippen LogP contribution in [0.5, 0.6) is 0 Å². The Morgan fingerprint density at radius 1 is 0.385 bits per heavy atom. The zero-order chi connectivity index (χ0) is 26.0. The molecule has 4 saturated carbocycles. The molecule has 39 heavy (non-hydrogen) atoms. The molecule has 5 aliphatic carbocycles. The standard InChI is InChI=1S/C37H52P2/c1-5-17-30(18-6-1)38(31-19-7-2-8-20-31)34-25-13-15-28-27-29-16-14-26-35(37(29)36(28)34)39(32-21-9-3-10-22-32)33-23-11-4-12-24-33/h13-16,25-26,30-33H,1-12,17-24,27H2. The van der Waals surface area contributed by atoms with Gasteiger partial charge >= 0.3 is 0 Å². The second-order valence-corrected chi connectivity index (χ2v) is 19.3. The predicted molar refractivity (Wildman–Crippen MR) is 175 cm³/mol. The van der Waals surface area contributed by atoms with E-state index in [9.17, 15) is 0 Å². The largest absolute Gasteiger partial charge is 0.0683 e. The first-order valence-corrected chi connectivity index (χ1v) is 20.2. The number of fused-ring (bicyclic) bond motifs is 3. The predicted octanol–water partition coefficient (Wildman–Crippen LogP) is 10.8. The molecular formula is C37H52P2. The highest BCUT2D eigenvalue weighted by atomic mass is 31.1. The Bertz CT molecular complexity index is 973. The highest BCUT2D eigenvalue weighted by Crippen LogP contribution is 2.60. The molecule has 7 rings (SSSR count). The van der Waals surface area contributed by atoms with E-state index in [1.54, 1.807) is 22.3 Å². The van der Waals surface area contributed by atoms with Gasteiger partial charge in [-0.3, -0.25) is 0 Å². The normalized spacial score (nSPS) is 23.8. The van der Waals surface area contributed by atoms with E-state index < -0.39 is 0 Å². The molecule has 0 saturated heterocycles. The first-order valence-electron chi connectivity index (χ1n) is 17.2. The van der Waals surface area contributed by atoms with Crippen molar-refractivity contribution in [2.75, 3.05) is 0 Å². The maximum absolute atomic E-state index is 2.67. The summed E-state index contributed by atoms with van der Waals surface area (Å²) in [6, 6.07) is 15.4. The van der Waals surface area contributed by atoms with Crippen molar-refractivity contribution < 1.29 is 0 Å². The molecule has 4 fully saturated rings. The molecule has 0 radical (unpaired) electrons. The van der Waals surface area contributed by atoms with Crippen LogP contribution in [-0.2, 0) is 6.42 Å². The zero-order valence-corrected chi connectivity index (χ0v) is 26.3. The van der Waals surface area contributed by atoms with Gasteiger partial charge in [0.1, 0.15) is 0 Å². The second kappa shape index (κ2) is 12.7. The summed E-state index contributed by atoms with van der Waals surface area (Å²) < 4.78 is 0. The van der Waals surface area contributed by atoms with Crippen molar-refractivity contribution in [1.82, 2.24) is 0 Å². The Labute approximate surface area is 242 Å². The van der Waals surface area contributed by atoms with Crippen LogP contribution in [0.15, 0.2) is 36.4 Å². The fourth-order valence-corrected chi connectivity index (χ4v) is 17.5. The summed E-state index contributed by atoms with van der Waals surface area (Å²) >= 11 is 0. The fraction of sp³-hybridized carbons (Fsp3) is 0.676. The average Bonchev–Trinajstić information content (AvgIpc) is 3.40. The van der Waals surface area contributed by atoms with Crippen LogP contribution in [-0.4, -0.2) is 22.6 Å². The Hall–Kier alpha value is -0.700. The minimum Gasteiger partial charge on any atom is -0.0683 e. The smallest absolute Gasteiger partial charge is 0.00130 e. The Kier molecular flexibility index (Phi) is 8.82. The Morgan fingerprint density at radius 2 is 0.692 bits per heavy atom. The molecule has 0 heterocycles. The van der Waals surface area contributed by atoms with E-state index in [0.29, 0.717) is 0 Å². The van der Waals surface area contributed by atoms with E-state index in [1.165, 1.54) is 135 Å². The molecule has 5 aliphatic rings. The summed E-state index contributed by atoms with van der Waals surface area (Å²) in [4.78, 5) is 0. The van der Waals surface area contributed by atoms with Crippen LogP contribution in [0.1, 0.15) is 140 Å². The van der Waals surface area contributed by atoms with Crippen LogP contribution in [0.4, 0.5) is 0 Å². The lowest BCUT2D eigenvalue weighted by Gasteiger charge is -2.41. The number of rotatable bonds is 6. The van der Waals surface area contributed by atoms with E-state index in [0.717, 1.165) is 22.6 Å². The first-order chi connectivity index (χ1) is 19.4. The highest BCUT2D eigenvalue weighted by Gasteiger charge is 2.39. The molecule has 0 aromatic heterocycles. The van der Waals surface area contributed by atoms with Gasteiger partial charge in [-0.05, 0) is 113 Å². The van der Waals surface area contributed by atoms with Crippen LogP contribution in [0, 0.1) is 0 Å². The van der Waals surface area contributed by atoms with Crippen molar-refractivity contribution in [2.24, 2.45) is 0 Å². The lowest BCUT2D eigenvalue weighted by molar-refractivity contribution is 0.487. The summed E-state index contributed by atoms with van der Waals surface area (Å²) in [7, 11) is -0.146. The minimum absolute atomic E-state index is 0.0728. The van der Waals surface area contributed by atoms with Gasteiger partial charge in [-0.15, -0.1) is 0 Å². The third kappa shape index (κ3) is 5.58. The van der Waals surface area contributed by atoms with E-state index in [1.807, 2.05) is 10.6 Å². The molecule has 0 bridgehead atoms. The first kappa shape index (κ1) is 27.2. The minimum atomic E-state index is -0.0728. The molecule has 0 aliphatic heterocycles. The molecule has 210 valence electrons. The van der Waals surface area contributed by atoms with E-state index in [-0.39, 0.29) is 15.8 Å². The van der Waals surface area contributed by atoms with Gasteiger partial charge in [0.05, 0.1) is 0 Å². The van der Waals surface area contributed by atoms with Gasteiger partial charge in [-0.2, -0.15) is 0 Å². The average molecular weight is 559 g/mol. The van der Waals surface area contributed by atoms with Gasteiger partial charge in [-0.1, -0.05) is 129 Å². The summed E-state index contributed by atoms with van der Waals surface area (Å²) in [6.45, 7) is 0. The Balaban J connectivity index is 1.35. The molecule has 0 spiro atoms. The van der Waals surface area contributed by atoms with Crippen molar-refractivity contribution in [2.45, 2.75) is 157 Å². The summed E-state index contributed by atoms with van der Waals surface area (Å²) in [6.07, 6.45) is 31.1. The molecule has 0 amide bonds. The zero-order valence-electron chi connectivity index (χ0n) is 24.5. The Morgan fingerprint density at radius 3 is 1.00 bits per heavy atom. The van der Waals surface area contributed by atoms with Crippen molar-refractivity contribution in [1.29, 1.82) is 0 Å². The van der Waals surface area contributed by atoms with Gasteiger partial charge in [0.15, 0.2) is 0 Å². The molecule has 2 heteroatoms. The number of benzene rings is 2. The van der Waals surface area contributed by atoms with Crippen molar-refractivity contribution in [3.8, 4) is 11.1 Å². The molecule has 0 nitrogen and oxygen atoms in total. The van der Waals surface area contributed by atoms with Crippen LogP contribution in [0.25, 0.3) is 11.1 Å². The highest BCUT2D eigenvalue weighted by molar-refractivity contribution is 7.68. The molecule has 0 N–H and O–H groups in total. The summed E-state index contributed by atoms with van der Waals surface area (Å²) in [5.74, 6) is 0. The third-order valence-electron chi connectivity index (χ3n) is 11.3. The lowest BCUT2D eigenvalue weighted by atomic mass is 9.99. The number of hydrogen-bond donors (Lipinski definition) is 0. The molecule has 0 unspecified atom stereocenters. The maximum Gasteiger partial charge on any atom is -0.00130 e. The SMILES string of the molecule is c1cc2c(c(P(C3CCCCC3)C3CCCCC3)c1)-c1c(cccc1P(C1CCCCC1)C1CCCCC1)C2. The fourth-order valence-electron chi connectivity index (χ4n) is 9.50. The van der Waals surface area contributed by atoms with Crippen molar-refractivity contribution in [3.63, 3.8) is 0 Å². The van der Waals surface area contributed by atoms with Crippen molar-refractivity contribution in [3.05, 3.63) is 47.5 Å². The topological polar surface area (TPSA) is 0 Å². The quantitative estimate of drug-likeness (QED) is 0.264. The monoisotopic (exact) mass is 558 g/mol. The molecule has 2 aromatic carbocycles. The molecule has 0 atom stereocenters. The third-order valence-corrected chi connectivity index (χ3v) is 18.4. The van der Waals surface area contributed by atoms with Gasteiger partial charge in [0, 0.05) is 0 Å². The maximum atomic E-state index is 2.67. The second-order valence-electron chi connectivity index (χ2n) is 13.8. The van der Waals surface area contributed by atoms with Crippen LogP contribution < -0.4 is 10.6 Å². The van der Waals surface area contributed by atoms with Gasteiger partial charge in [-0.25, -0.2) is 0 Å².